The van der Waals surface area contributed by atoms with Crippen LogP contribution in [0.1, 0.15) is 219 Å². The van der Waals surface area contributed by atoms with Crippen LogP contribution in [0.25, 0.3) is 0 Å². The molecule has 9 heteroatoms. The van der Waals surface area contributed by atoms with Crippen molar-refractivity contribution < 1.29 is 37.3 Å². The largest absolute Gasteiger partial charge is 0.472 e. The van der Waals surface area contributed by atoms with Crippen LogP contribution in [0.2, 0.25) is 0 Å². The van der Waals surface area contributed by atoms with Crippen LogP contribution in [-0.4, -0.2) is 75.6 Å². The Bertz CT molecular complexity index is 894. The molecular weight excluding hydrogens is 709 g/mol. The molecule has 0 aliphatic heterocycles. The number of rotatable bonds is 44. The molecule has 0 bridgehead atoms. The van der Waals surface area contributed by atoms with Crippen molar-refractivity contribution in [3.05, 3.63) is 12.2 Å². The molecule has 0 amide bonds. The minimum Gasteiger partial charge on any atom is -0.457 e. The second-order valence-electron chi connectivity index (χ2n) is 17.1. The molecule has 8 nitrogen and oxygen atoms in total. The topological polar surface area (TPSA) is 91.3 Å². The molecule has 55 heavy (non-hydrogen) atoms. The maximum absolute atomic E-state index is 12.7. The minimum atomic E-state index is -4.26. The van der Waals surface area contributed by atoms with Crippen molar-refractivity contribution >= 4 is 13.8 Å². The van der Waals surface area contributed by atoms with Gasteiger partial charge in [-0.1, -0.05) is 187 Å². The predicted octanol–water partition coefficient (Wildman–Crippen LogP) is 13.8. The fourth-order valence-electron chi connectivity index (χ4n) is 6.67. The molecule has 0 aromatic carbocycles. The summed E-state index contributed by atoms with van der Waals surface area (Å²) in [5.74, 6) is -0.312. The maximum Gasteiger partial charge on any atom is 0.472 e. The summed E-state index contributed by atoms with van der Waals surface area (Å²) in [6, 6.07) is 0. The molecule has 2 unspecified atom stereocenters. The number of ether oxygens (including phenoxy) is 2. The average molecular weight is 803 g/mol. The molecule has 0 aromatic rings. The van der Waals surface area contributed by atoms with E-state index in [9.17, 15) is 14.3 Å². The van der Waals surface area contributed by atoms with Gasteiger partial charge in [0, 0.05) is 13.0 Å². The molecule has 0 aliphatic carbocycles. The van der Waals surface area contributed by atoms with Gasteiger partial charge in [-0.05, 0) is 38.5 Å². The van der Waals surface area contributed by atoms with Gasteiger partial charge in [-0.2, -0.15) is 0 Å². The van der Waals surface area contributed by atoms with Crippen molar-refractivity contribution in [2.75, 3.05) is 54.1 Å². The Hall–Kier alpha value is -0.760. The van der Waals surface area contributed by atoms with Gasteiger partial charge in [-0.3, -0.25) is 13.8 Å². The highest BCUT2D eigenvalue weighted by molar-refractivity contribution is 7.47. The highest BCUT2D eigenvalue weighted by Crippen LogP contribution is 2.43. The number of nitrogens with zero attached hydrogens (tertiary/aromatic N) is 1. The molecule has 0 aliphatic rings. The average Bonchev–Trinajstić information content (AvgIpc) is 3.13. The molecule has 0 saturated heterocycles. The molecule has 0 saturated carbocycles. The molecular formula is C46H93NO7P+. The number of unbranched alkanes of at least 4 members (excludes halogenated alkanes) is 28. The number of likely N-dealkylation sites (N-methyl/N-ethyl adjacent to an activating group) is 1. The van der Waals surface area contributed by atoms with Crippen LogP contribution in [0.5, 0.6) is 0 Å². The number of hydrogen-bond acceptors (Lipinski definition) is 6. The van der Waals surface area contributed by atoms with Crippen LogP contribution in [0.3, 0.4) is 0 Å². The van der Waals surface area contributed by atoms with Gasteiger partial charge in [-0.15, -0.1) is 0 Å². The first-order chi connectivity index (χ1) is 26.6. The summed E-state index contributed by atoms with van der Waals surface area (Å²) in [4.78, 5) is 22.8. The molecule has 2 atom stereocenters. The number of carbonyl (C=O) groups is 1. The van der Waals surface area contributed by atoms with Crippen LogP contribution in [0, 0.1) is 0 Å². The van der Waals surface area contributed by atoms with Crippen molar-refractivity contribution in [3.63, 3.8) is 0 Å². The first-order valence-electron chi connectivity index (χ1n) is 23.4. The van der Waals surface area contributed by atoms with Crippen LogP contribution in [0.15, 0.2) is 12.2 Å². The lowest BCUT2D eigenvalue weighted by molar-refractivity contribution is -0.870. The van der Waals surface area contributed by atoms with E-state index in [1.54, 1.807) is 0 Å². The number of carbonyl (C=O) groups excluding carboxylic acids is 1. The fourth-order valence-corrected chi connectivity index (χ4v) is 7.41. The van der Waals surface area contributed by atoms with Gasteiger partial charge < -0.3 is 18.9 Å². The SMILES string of the molecule is CCCCCCCCCC/C=C\CCCCCCCCCCCCCCCC(=O)OC(COCCCCCCCCCC)COP(=O)(O)OCC[N+](C)(C)C. The van der Waals surface area contributed by atoms with E-state index in [0.29, 0.717) is 24.1 Å². The van der Waals surface area contributed by atoms with Crippen molar-refractivity contribution in [1.29, 1.82) is 0 Å². The molecule has 0 fully saturated rings. The summed E-state index contributed by atoms with van der Waals surface area (Å²) < 4.78 is 34.9. The van der Waals surface area contributed by atoms with E-state index in [2.05, 4.69) is 26.0 Å². The van der Waals surface area contributed by atoms with Crippen molar-refractivity contribution in [3.8, 4) is 0 Å². The van der Waals surface area contributed by atoms with Crippen LogP contribution in [-0.2, 0) is 27.9 Å². The Morgan fingerprint density at radius 3 is 1.38 bits per heavy atom. The fraction of sp³-hybridized carbons (Fsp3) is 0.935. The Morgan fingerprint density at radius 2 is 0.945 bits per heavy atom. The number of phosphoric acid groups is 1. The highest BCUT2D eigenvalue weighted by atomic mass is 31.2. The Kier molecular flexibility index (Phi) is 39.5. The van der Waals surface area contributed by atoms with E-state index >= 15 is 0 Å². The zero-order valence-corrected chi connectivity index (χ0v) is 38.1. The molecule has 0 radical (unpaired) electrons. The molecule has 0 spiro atoms. The van der Waals surface area contributed by atoms with Crippen molar-refractivity contribution in [2.45, 2.75) is 225 Å². The van der Waals surface area contributed by atoms with Gasteiger partial charge in [0.1, 0.15) is 19.3 Å². The smallest absolute Gasteiger partial charge is 0.457 e. The van der Waals surface area contributed by atoms with Crippen molar-refractivity contribution in [1.82, 2.24) is 0 Å². The lowest BCUT2D eigenvalue weighted by Gasteiger charge is -2.24. The Labute approximate surface area is 341 Å². The predicted molar refractivity (Wildman–Crippen MR) is 234 cm³/mol. The zero-order valence-electron chi connectivity index (χ0n) is 37.2. The summed E-state index contributed by atoms with van der Waals surface area (Å²) in [6.45, 7) is 5.64. The monoisotopic (exact) mass is 803 g/mol. The van der Waals surface area contributed by atoms with E-state index in [-0.39, 0.29) is 25.8 Å². The van der Waals surface area contributed by atoms with Gasteiger partial charge in [-0.25, -0.2) is 4.57 Å². The van der Waals surface area contributed by atoms with E-state index in [1.165, 1.54) is 167 Å². The summed E-state index contributed by atoms with van der Waals surface area (Å²) in [5, 5.41) is 0. The maximum atomic E-state index is 12.7. The number of quaternary nitrogens is 1. The lowest BCUT2D eigenvalue weighted by atomic mass is 10.0. The third kappa shape index (κ3) is 44.2. The summed E-state index contributed by atoms with van der Waals surface area (Å²) in [7, 11) is 1.68. The first kappa shape index (κ1) is 54.2. The Morgan fingerprint density at radius 1 is 0.545 bits per heavy atom. The third-order valence-electron chi connectivity index (χ3n) is 10.3. The molecule has 0 aromatic heterocycles. The number of phosphoric ester groups is 1. The van der Waals surface area contributed by atoms with Gasteiger partial charge in [0.15, 0.2) is 0 Å². The van der Waals surface area contributed by atoms with Gasteiger partial charge in [0.05, 0.1) is 34.4 Å². The molecule has 1 N–H and O–H groups in total. The van der Waals surface area contributed by atoms with Crippen molar-refractivity contribution in [2.24, 2.45) is 0 Å². The molecule has 0 heterocycles. The highest BCUT2D eigenvalue weighted by Gasteiger charge is 2.26. The van der Waals surface area contributed by atoms with E-state index in [4.69, 9.17) is 18.5 Å². The second kappa shape index (κ2) is 40.0. The molecule has 328 valence electrons. The lowest BCUT2D eigenvalue weighted by Crippen LogP contribution is -2.37. The summed E-state index contributed by atoms with van der Waals surface area (Å²) >= 11 is 0. The standard InChI is InChI=1S/C46H92NO7P/c1-6-8-10-12-14-16-17-18-19-20-21-22-23-24-25-26-27-28-29-30-31-32-33-35-37-39-46(48)54-45(43-51-41-38-36-34-15-13-11-9-7-2)44-53-55(49,50)52-42-40-47(3,4)5/h20-21,45H,6-19,22-44H2,1-5H3/p+1/b21-20-. The van der Waals surface area contributed by atoms with Gasteiger partial charge in [0.25, 0.3) is 0 Å². The molecule has 0 rings (SSSR count). The number of hydrogen-bond donors (Lipinski definition) is 1. The van der Waals surface area contributed by atoms with Crippen LogP contribution < -0.4 is 0 Å². The zero-order chi connectivity index (χ0) is 40.6. The van der Waals surface area contributed by atoms with Crippen LogP contribution in [0.4, 0.5) is 0 Å². The second-order valence-corrected chi connectivity index (χ2v) is 18.6. The third-order valence-corrected chi connectivity index (χ3v) is 11.3. The first-order valence-corrected chi connectivity index (χ1v) is 24.9. The van der Waals surface area contributed by atoms with Crippen LogP contribution >= 0.6 is 7.82 Å². The van der Waals surface area contributed by atoms with Gasteiger partial charge >= 0.3 is 13.8 Å². The van der Waals surface area contributed by atoms with E-state index in [0.717, 1.165) is 32.1 Å². The summed E-state index contributed by atoms with van der Waals surface area (Å²) in [5.41, 5.74) is 0. The number of esters is 1. The number of allylic oxidation sites excluding steroid dienone is 2. The Balaban J connectivity index is 3.97. The summed E-state index contributed by atoms with van der Waals surface area (Å²) in [6.07, 6.45) is 44.1. The van der Waals surface area contributed by atoms with E-state index < -0.39 is 13.9 Å². The quantitative estimate of drug-likeness (QED) is 0.0216. The van der Waals surface area contributed by atoms with Gasteiger partial charge in [0.2, 0.25) is 0 Å². The van der Waals surface area contributed by atoms with E-state index in [1.807, 2.05) is 21.1 Å². The minimum absolute atomic E-state index is 0.0918. The normalized spacial score (nSPS) is 13.8.